The second-order valence-corrected chi connectivity index (χ2v) is 10.9. The molecule has 4 rings (SSSR count). The number of nitrogen functional groups attached to an aromatic ring is 1. The number of anilines is 1. The number of urea groups is 1. The van der Waals surface area contributed by atoms with Crippen molar-refractivity contribution in [2.75, 3.05) is 51.3 Å². The lowest BCUT2D eigenvalue weighted by atomic mass is 9.96. The number of sulfonamides is 1. The van der Waals surface area contributed by atoms with E-state index in [4.69, 9.17) is 15.9 Å². The van der Waals surface area contributed by atoms with Gasteiger partial charge in [-0.1, -0.05) is 12.1 Å². The number of rotatable bonds is 8. The largest absolute Gasteiger partial charge is 0.384 e. The number of nitrogens with one attached hydrogen (secondary N) is 1. The summed E-state index contributed by atoms with van der Waals surface area (Å²) in [5.74, 6) is 0.256. The Balaban J connectivity index is 1.44. The zero-order valence-electron chi connectivity index (χ0n) is 19.7. The van der Waals surface area contributed by atoms with Crippen molar-refractivity contribution in [2.24, 2.45) is 17.6 Å². The minimum Gasteiger partial charge on any atom is -0.384 e. The summed E-state index contributed by atoms with van der Waals surface area (Å²) in [6, 6.07) is 7.03. The van der Waals surface area contributed by atoms with Crippen LogP contribution in [-0.4, -0.2) is 85.9 Å². The monoisotopic (exact) mass is 501 g/mol. The smallest absolute Gasteiger partial charge is 0.324 e. The van der Waals surface area contributed by atoms with Gasteiger partial charge in [-0.05, 0) is 30.9 Å². The Labute approximate surface area is 205 Å². The number of methoxy groups -OCH3 is 1. The molecule has 0 bridgehead atoms. The van der Waals surface area contributed by atoms with E-state index in [0.717, 1.165) is 0 Å². The van der Waals surface area contributed by atoms with E-state index in [9.17, 15) is 13.2 Å². The maximum absolute atomic E-state index is 13.4. The number of amidine groups is 1. The van der Waals surface area contributed by atoms with Crippen molar-refractivity contribution in [3.8, 4) is 0 Å². The molecule has 0 saturated carbocycles. The van der Waals surface area contributed by atoms with Gasteiger partial charge in [0.25, 0.3) is 0 Å². The first kappa shape index (κ1) is 25.0. The van der Waals surface area contributed by atoms with Gasteiger partial charge in [-0.25, -0.2) is 23.2 Å². The zero-order valence-corrected chi connectivity index (χ0v) is 20.5. The van der Waals surface area contributed by atoms with Crippen molar-refractivity contribution in [1.82, 2.24) is 19.2 Å². The molecular weight excluding hydrogens is 470 g/mol. The predicted molar refractivity (Wildman–Crippen MR) is 131 cm³/mol. The zero-order chi connectivity index (χ0) is 25.0. The van der Waals surface area contributed by atoms with Gasteiger partial charge in [0.05, 0.1) is 19.0 Å². The molecule has 2 aliphatic rings. The van der Waals surface area contributed by atoms with Crippen LogP contribution < -0.4 is 10.6 Å². The van der Waals surface area contributed by atoms with Crippen LogP contribution >= 0.6 is 0 Å². The van der Waals surface area contributed by atoms with Crippen molar-refractivity contribution in [2.45, 2.75) is 17.7 Å². The molecule has 1 aromatic carbocycles. The SMILES string of the molecule is COCC1CN(CC2CCN(S(=O)(=O)c3cncnc3)CC2)C(=O)N(c2cccc(C(=N)N)c2)C1. The molecule has 0 radical (unpaired) electrons. The van der Waals surface area contributed by atoms with Gasteiger partial charge in [0, 0.05) is 57.0 Å². The third-order valence-corrected chi connectivity index (χ3v) is 8.37. The molecular formula is C23H31N7O4S. The van der Waals surface area contributed by atoms with Crippen LogP contribution in [0.5, 0.6) is 0 Å². The molecule has 12 heteroatoms. The first-order valence-electron chi connectivity index (χ1n) is 11.5. The summed E-state index contributed by atoms with van der Waals surface area (Å²) in [6.45, 7) is 2.92. The van der Waals surface area contributed by atoms with Gasteiger partial charge in [0.15, 0.2) is 0 Å². The number of benzene rings is 1. The molecule has 1 unspecified atom stereocenters. The molecule has 188 valence electrons. The Bertz CT molecular complexity index is 1150. The highest BCUT2D eigenvalue weighted by Gasteiger charge is 2.36. The maximum atomic E-state index is 13.4. The molecule has 11 nitrogen and oxygen atoms in total. The van der Waals surface area contributed by atoms with E-state index in [-0.39, 0.29) is 28.6 Å². The minimum atomic E-state index is -3.63. The van der Waals surface area contributed by atoms with Crippen LogP contribution in [0.3, 0.4) is 0 Å². The normalized spacial score (nSPS) is 20.3. The van der Waals surface area contributed by atoms with Crippen LogP contribution in [-0.2, 0) is 14.8 Å². The summed E-state index contributed by atoms with van der Waals surface area (Å²) in [4.78, 5) is 24.7. The van der Waals surface area contributed by atoms with E-state index in [1.54, 1.807) is 30.2 Å². The van der Waals surface area contributed by atoms with Gasteiger partial charge in [-0.3, -0.25) is 10.3 Å². The summed E-state index contributed by atoms with van der Waals surface area (Å²) in [5, 5.41) is 7.72. The van der Waals surface area contributed by atoms with Crippen molar-refractivity contribution >= 4 is 27.6 Å². The number of nitrogens with two attached hydrogens (primary N) is 1. The van der Waals surface area contributed by atoms with Crippen molar-refractivity contribution in [1.29, 1.82) is 5.41 Å². The standard InChI is InChI=1S/C23H31N7O4S/c1-34-15-18-13-28(23(31)30(14-18)20-4-2-3-19(9-20)22(24)25)12-17-5-7-29(8-6-17)35(32,33)21-10-26-16-27-11-21/h2-4,9-11,16-18H,5-8,12-15H2,1H3,(H3,24,25). The molecule has 2 aromatic rings. The van der Waals surface area contributed by atoms with E-state index >= 15 is 0 Å². The van der Waals surface area contributed by atoms with E-state index in [1.165, 1.54) is 23.0 Å². The quantitative estimate of drug-likeness (QED) is 0.410. The number of amides is 2. The van der Waals surface area contributed by atoms with Crippen LogP contribution in [0.1, 0.15) is 18.4 Å². The molecule has 2 fully saturated rings. The summed E-state index contributed by atoms with van der Waals surface area (Å²) < 4.78 is 32.6. The molecule has 1 atom stereocenters. The van der Waals surface area contributed by atoms with Crippen LogP contribution in [0.25, 0.3) is 0 Å². The average molecular weight is 502 g/mol. The van der Waals surface area contributed by atoms with Crippen LogP contribution in [0.4, 0.5) is 10.5 Å². The highest BCUT2D eigenvalue weighted by Crippen LogP contribution is 2.28. The number of carbonyl (C=O) groups is 1. The average Bonchev–Trinajstić information content (AvgIpc) is 2.87. The van der Waals surface area contributed by atoms with Crippen molar-refractivity contribution in [3.05, 3.63) is 48.5 Å². The highest BCUT2D eigenvalue weighted by molar-refractivity contribution is 7.89. The van der Waals surface area contributed by atoms with Gasteiger partial charge in [-0.15, -0.1) is 0 Å². The minimum absolute atomic E-state index is 0.0506. The number of nitrogens with zero attached hydrogens (tertiary/aromatic N) is 5. The first-order valence-corrected chi connectivity index (χ1v) is 13.0. The topological polar surface area (TPSA) is 146 Å². The summed E-state index contributed by atoms with van der Waals surface area (Å²) in [7, 11) is -1.98. The molecule has 3 N–H and O–H groups in total. The Morgan fingerprint density at radius 2 is 1.89 bits per heavy atom. The van der Waals surface area contributed by atoms with Gasteiger partial charge in [0.1, 0.15) is 17.1 Å². The number of hydrogen-bond acceptors (Lipinski definition) is 7. The second kappa shape index (κ2) is 10.7. The van der Waals surface area contributed by atoms with Gasteiger partial charge < -0.3 is 15.4 Å². The Morgan fingerprint density at radius 1 is 1.17 bits per heavy atom. The molecule has 0 spiro atoms. The Kier molecular flexibility index (Phi) is 7.63. The fraction of sp³-hybridized carbons (Fsp3) is 0.478. The number of hydrogen-bond donors (Lipinski definition) is 2. The van der Waals surface area contributed by atoms with E-state index in [1.807, 2.05) is 11.0 Å². The fourth-order valence-corrected chi connectivity index (χ4v) is 6.09. The van der Waals surface area contributed by atoms with Crippen LogP contribution in [0, 0.1) is 17.2 Å². The van der Waals surface area contributed by atoms with Gasteiger partial charge in [0.2, 0.25) is 10.0 Å². The lowest BCUT2D eigenvalue weighted by Crippen LogP contribution is -2.56. The molecule has 3 heterocycles. The summed E-state index contributed by atoms with van der Waals surface area (Å²) in [5.41, 5.74) is 6.90. The molecule has 2 amide bonds. The molecule has 1 aromatic heterocycles. The van der Waals surface area contributed by atoms with Crippen LogP contribution in [0.15, 0.2) is 47.9 Å². The number of carbonyl (C=O) groups excluding carboxylic acids is 1. The van der Waals surface area contributed by atoms with Crippen LogP contribution in [0.2, 0.25) is 0 Å². The third kappa shape index (κ3) is 5.60. The van der Waals surface area contributed by atoms with E-state index in [2.05, 4.69) is 9.97 Å². The predicted octanol–water partition coefficient (Wildman–Crippen LogP) is 1.37. The molecule has 2 saturated heterocycles. The highest BCUT2D eigenvalue weighted by atomic mass is 32.2. The summed E-state index contributed by atoms with van der Waals surface area (Å²) >= 11 is 0. The molecule has 2 aliphatic heterocycles. The number of piperidine rings is 1. The first-order chi connectivity index (χ1) is 16.8. The molecule has 35 heavy (non-hydrogen) atoms. The summed E-state index contributed by atoms with van der Waals surface area (Å²) in [6.07, 6.45) is 5.24. The lowest BCUT2D eigenvalue weighted by Gasteiger charge is -2.42. The Hall–Kier alpha value is -3.09. The van der Waals surface area contributed by atoms with Crippen molar-refractivity contribution in [3.63, 3.8) is 0 Å². The maximum Gasteiger partial charge on any atom is 0.324 e. The molecule has 0 aliphatic carbocycles. The third-order valence-electron chi connectivity index (χ3n) is 6.52. The lowest BCUT2D eigenvalue weighted by molar-refractivity contribution is 0.105. The fourth-order valence-electron chi connectivity index (χ4n) is 4.72. The number of ether oxygens (including phenoxy) is 1. The Morgan fingerprint density at radius 3 is 2.54 bits per heavy atom. The van der Waals surface area contributed by atoms with Gasteiger partial charge in [-0.2, -0.15) is 4.31 Å². The second-order valence-electron chi connectivity index (χ2n) is 9.01. The number of aromatic nitrogens is 2. The van der Waals surface area contributed by atoms with Crippen molar-refractivity contribution < 1.29 is 17.9 Å². The van der Waals surface area contributed by atoms with E-state index in [0.29, 0.717) is 63.4 Å². The van der Waals surface area contributed by atoms with Gasteiger partial charge >= 0.3 is 6.03 Å². The van der Waals surface area contributed by atoms with E-state index < -0.39 is 10.0 Å².